The molecule has 0 amide bonds. The maximum atomic E-state index is 12.8. The van der Waals surface area contributed by atoms with Crippen molar-refractivity contribution in [2.75, 3.05) is 26.2 Å². The van der Waals surface area contributed by atoms with Crippen LogP contribution in [0.3, 0.4) is 0 Å². The lowest BCUT2D eigenvalue weighted by Crippen LogP contribution is -2.33. The molecule has 1 N–H and O–H groups in total. The molecule has 2 aliphatic rings. The van der Waals surface area contributed by atoms with E-state index < -0.39 is 10.0 Å². The zero-order valence-corrected chi connectivity index (χ0v) is 14.3. The largest absolute Gasteiger partial charge is 0.316 e. The molecule has 7 heteroatoms. The molecule has 0 aliphatic carbocycles. The predicted molar refractivity (Wildman–Crippen MR) is 86.7 cm³/mol. The fourth-order valence-corrected chi connectivity index (χ4v) is 5.27. The second-order valence-electron chi connectivity index (χ2n) is 5.93. The van der Waals surface area contributed by atoms with Crippen LogP contribution in [-0.2, 0) is 10.0 Å². The summed E-state index contributed by atoms with van der Waals surface area (Å²) in [6.07, 6.45) is 2.02. The van der Waals surface area contributed by atoms with Gasteiger partial charge in [-0.05, 0) is 55.5 Å². The number of benzene rings is 1. The van der Waals surface area contributed by atoms with Crippen LogP contribution < -0.4 is 5.32 Å². The topological polar surface area (TPSA) is 49.4 Å². The van der Waals surface area contributed by atoms with Crippen molar-refractivity contribution in [2.24, 2.45) is 5.41 Å². The van der Waals surface area contributed by atoms with Gasteiger partial charge in [0.15, 0.2) is 0 Å². The van der Waals surface area contributed by atoms with Gasteiger partial charge in [-0.2, -0.15) is 4.31 Å². The smallest absolute Gasteiger partial charge is 0.243 e. The van der Waals surface area contributed by atoms with Gasteiger partial charge in [0.1, 0.15) is 0 Å². The third-order valence-corrected chi connectivity index (χ3v) is 6.73. The Labute approximate surface area is 137 Å². The predicted octanol–water partition coefficient (Wildman–Crippen LogP) is 2.44. The Morgan fingerprint density at radius 1 is 1.33 bits per heavy atom. The van der Waals surface area contributed by atoms with Crippen molar-refractivity contribution in [3.8, 4) is 0 Å². The van der Waals surface area contributed by atoms with E-state index in [2.05, 4.69) is 5.32 Å². The maximum Gasteiger partial charge on any atom is 0.243 e. The van der Waals surface area contributed by atoms with Crippen molar-refractivity contribution in [3.63, 3.8) is 0 Å². The lowest BCUT2D eigenvalue weighted by Gasteiger charge is -2.23. The quantitative estimate of drug-likeness (QED) is 0.891. The van der Waals surface area contributed by atoms with E-state index in [4.69, 9.17) is 11.6 Å². The number of rotatable bonds is 2. The standard InChI is InChI=1S/C14H19ClN2O2S.ClH/c1-11-8-12(15)2-3-13(11)20(18,19)17-7-5-14(10-17)4-6-16-9-14;/h2-3,8,16H,4-7,9-10H2,1H3;1H. The number of nitrogens with one attached hydrogen (secondary N) is 1. The van der Waals surface area contributed by atoms with Crippen LogP contribution in [0.25, 0.3) is 0 Å². The van der Waals surface area contributed by atoms with Crippen molar-refractivity contribution >= 4 is 34.0 Å². The van der Waals surface area contributed by atoms with Gasteiger partial charge in [0, 0.05) is 24.7 Å². The molecule has 2 saturated heterocycles. The van der Waals surface area contributed by atoms with Gasteiger partial charge in [0.2, 0.25) is 10.0 Å². The Morgan fingerprint density at radius 3 is 2.71 bits per heavy atom. The second kappa shape index (κ2) is 6.05. The van der Waals surface area contributed by atoms with E-state index in [1.165, 1.54) is 0 Å². The minimum Gasteiger partial charge on any atom is -0.316 e. The highest BCUT2D eigenvalue weighted by atomic mass is 35.5. The number of hydrogen-bond donors (Lipinski definition) is 1. The fraction of sp³-hybridized carbons (Fsp3) is 0.571. The normalized spacial score (nSPS) is 26.2. The minimum atomic E-state index is -3.40. The maximum absolute atomic E-state index is 12.8. The first-order valence-electron chi connectivity index (χ1n) is 6.90. The molecular weight excluding hydrogens is 331 g/mol. The van der Waals surface area contributed by atoms with Crippen LogP contribution >= 0.6 is 24.0 Å². The van der Waals surface area contributed by atoms with E-state index in [0.717, 1.165) is 25.9 Å². The first-order valence-corrected chi connectivity index (χ1v) is 8.72. The molecule has 1 aromatic rings. The summed E-state index contributed by atoms with van der Waals surface area (Å²) in [5, 5.41) is 3.92. The van der Waals surface area contributed by atoms with Crippen molar-refractivity contribution < 1.29 is 8.42 Å². The number of nitrogens with zero attached hydrogens (tertiary/aromatic N) is 1. The Balaban J connectivity index is 0.00000161. The van der Waals surface area contributed by atoms with Crippen LogP contribution in [0.5, 0.6) is 0 Å². The van der Waals surface area contributed by atoms with Crippen molar-refractivity contribution in [3.05, 3.63) is 28.8 Å². The van der Waals surface area contributed by atoms with Crippen LogP contribution in [0.2, 0.25) is 5.02 Å². The molecular formula is C14H20Cl2N2O2S. The average Bonchev–Trinajstić information content (AvgIpc) is 3.00. The molecule has 2 heterocycles. The SMILES string of the molecule is Cc1cc(Cl)ccc1S(=O)(=O)N1CCC2(CCNC2)C1.Cl. The van der Waals surface area contributed by atoms with E-state index in [0.29, 0.717) is 28.6 Å². The first kappa shape index (κ1) is 17.0. The van der Waals surface area contributed by atoms with Crippen LogP contribution in [0.4, 0.5) is 0 Å². The summed E-state index contributed by atoms with van der Waals surface area (Å²) in [4.78, 5) is 0.380. The van der Waals surface area contributed by atoms with Gasteiger partial charge in [0.05, 0.1) is 4.90 Å². The lowest BCUT2D eigenvalue weighted by atomic mass is 9.87. The van der Waals surface area contributed by atoms with Crippen molar-refractivity contribution in [1.82, 2.24) is 9.62 Å². The average molecular weight is 351 g/mol. The summed E-state index contributed by atoms with van der Waals surface area (Å²) in [6.45, 7) is 4.96. The highest BCUT2D eigenvalue weighted by Crippen LogP contribution is 2.38. The van der Waals surface area contributed by atoms with Crippen LogP contribution in [0, 0.1) is 12.3 Å². The summed E-state index contributed by atoms with van der Waals surface area (Å²) in [6, 6.07) is 4.96. The molecule has 0 radical (unpaired) electrons. The molecule has 4 nitrogen and oxygen atoms in total. The number of aryl methyl sites for hydroxylation is 1. The molecule has 1 unspecified atom stereocenters. The highest BCUT2D eigenvalue weighted by Gasteiger charge is 2.44. The molecule has 0 bridgehead atoms. The van der Waals surface area contributed by atoms with Crippen LogP contribution in [0.15, 0.2) is 23.1 Å². The Hall–Kier alpha value is -0.330. The van der Waals surface area contributed by atoms with Gasteiger partial charge in [0.25, 0.3) is 0 Å². The Kier molecular flexibility index (Phi) is 4.90. The minimum absolute atomic E-state index is 0. The summed E-state index contributed by atoms with van der Waals surface area (Å²) in [5.41, 5.74) is 0.857. The van der Waals surface area contributed by atoms with E-state index in [9.17, 15) is 8.42 Å². The zero-order valence-electron chi connectivity index (χ0n) is 11.9. The summed E-state index contributed by atoms with van der Waals surface area (Å²) in [5.74, 6) is 0. The van der Waals surface area contributed by atoms with Gasteiger partial charge in [-0.3, -0.25) is 0 Å². The van der Waals surface area contributed by atoms with Gasteiger partial charge in [-0.15, -0.1) is 12.4 Å². The molecule has 21 heavy (non-hydrogen) atoms. The molecule has 0 saturated carbocycles. The zero-order chi connectivity index (χ0) is 14.4. The molecule has 3 rings (SSSR count). The van der Waals surface area contributed by atoms with E-state index in [1.54, 1.807) is 29.4 Å². The summed E-state index contributed by atoms with van der Waals surface area (Å²) < 4.78 is 27.2. The summed E-state index contributed by atoms with van der Waals surface area (Å²) >= 11 is 5.91. The number of sulfonamides is 1. The van der Waals surface area contributed by atoms with Gasteiger partial charge in [-0.1, -0.05) is 11.6 Å². The molecule has 0 aromatic heterocycles. The molecule has 1 aromatic carbocycles. The third kappa shape index (κ3) is 3.08. The number of hydrogen-bond acceptors (Lipinski definition) is 3. The van der Waals surface area contributed by atoms with Gasteiger partial charge < -0.3 is 5.32 Å². The monoisotopic (exact) mass is 350 g/mol. The van der Waals surface area contributed by atoms with Crippen molar-refractivity contribution in [2.45, 2.75) is 24.7 Å². The van der Waals surface area contributed by atoms with E-state index in [-0.39, 0.29) is 17.8 Å². The Bertz CT molecular complexity index is 628. The van der Waals surface area contributed by atoms with Crippen LogP contribution in [-0.4, -0.2) is 38.9 Å². The fourth-order valence-electron chi connectivity index (χ4n) is 3.28. The molecule has 118 valence electrons. The highest BCUT2D eigenvalue weighted by molar-refractivity contribution is 7.89. The number of halogens is 2. The van der Waals surface area contributed by atoms with Gasteiger partial charge >= 0.3 is 0 Å². The Morgan fingerprint density at radius 2 is 2.10 bits per heavy atom. The first-order chi connectivity index (χ1) is 9.43. The molecule has 2 aliphatic heterocycles. The third-order valence-electron chi connectivity index (χ3n) is 4.49. The van der Waals surface area contributed by atoms with Crippen molar-refractivity contribution in [1.29, 1.82) is 0 Å². The molecule has 1 atom stereocenters. The second-order valence-corrected chi connectivity index (χ2v) is 8.27. The van der Waals surface area contributed by atoms with E-state index >= 15 is 0 Å². The lowest BCUT2D eigenvalue weighted by molar-refractivity contribution is 0.338. The van der Waals surface area contributed by atoms with Gasteiger partial charge in [-0.25, -0.2) is 8.42 Å². The molecule has 2 fully saturated rings. The summed E-state index contributed by atoms with van der Waals surface area (Å²) in [7, 11) is -3.40. The molecule has 1 spiro atoms. The van der Waals surface area contributed by atoms with E-state index in [1.807, 2.05) is 0 Å². The van der Waals surface area contributed by atoms with Crippen LogP contribution in [0.1, 0.15) is 18.4 Å².